The van der Waals surface area contributed by atoms with Crippen molar-refractivity contribution in [2.24, 2.45) is 0 Å². The van der Waals surface area contributed by atoms with Gasteiger partial charge < -0.3 is 15.0 Å². The minimum atomic E-state index is -0.143. The van der Waals surface area contributed by atoms with Gasteiger partial charge in [-0.05, 0) is 60.7 Å². The number of hydrogen-bond acceptors (Lipinski definition) is 4. The molecule has 0 spiro atoms. The highest BCUT2D eigenvalue weighted by Crippen LogP contribution is 2.38. The lowest BCUT2D eigenvalue weighted by molar-refractivity contribution is 0.0933. The van der Waals surface area contributed by atoms with Gasteiger partial charge in [-0.25, -0.2) is 0 Å². The lowest BCUT2D eigenvalue weighted by atomic mass is 9.91. The molecule has 3 aromatic rings. The summed E-state index contributed by atoms with van der Waals surface area (Å²) in [5, 5.41) is 5.03. The zero-order valence-electron chi connectivity index (χ0n) is 16.3. The monoisotopic (exact) mass is 406 g/mol. The molecule has 0 saturated heterocycles. The zero-order valence-corrected chi connectivity index (χ0v) is 17.1. The van der Waals surface area contributed by atoms with Crippen LogP contribution in [-0.4, -0.2) is 25.0 Å². The number of nitrogens with zero attached hydrogens (tertiary/aromatic N) is 1. The van der Waals surface area contributed by atoms with Crippen molar-refractivity contribution in [3.8, 4) is 5.75 Å². The van der Waals surface area contributed by atoms with Crippen molar-refractivity contribution >= 4 is 28.8 Å². The van der Waals surface area contributed by atoms with Crippen LogP contribution in [-0.2, 0) is 0 Å². The minimum Gasteiger partial charge on any atom is -0.497 e. The third-order valence-electron chi connectivity index (χ3n) is 5.20. The topological polar surface area (TPSA) is 58.6 Å². The van der Waals surface area contributed by atoms with Gasteiger partial charge in [0.2, 0.25) is 0 Å². The van der Waals surface area contributed by atoms with Crippen LogP contribution in [0.1, 0.15) is 45.0 Å². The maximum atomic E-state index is 13.3. The van der Waals surface area contributed by atoms with Crippen LogP contribution in [0.15, 0.2) is 66.0 Å². The molecule has 0 bridgehead atoms. The van der Waals surface area contributed by atoms with Crippen molar-refractivity contribution in [2.45, 2.75) is 25.4 Å². The fraction of sp³-hybridized carbons (Fsp3) is 0.217. The number of carbonyl (C=O) groups is 2. The molecule has 29 heavy (non-hydrogen) atoms. The zero-order chi connectivity index (χ0) is 20.4. The molecule has 2 heterocycles. The van der Waals surface area contributed by atoms with Gasteiger partial charge in [0, 0.05) is 17.3 Å². The van der Waals surface area contributed by atoms with Crippen LogP contribution in [0.4, 0.5) is 5.69 Å². The van der Waals surface area contributed by atoms with Crippen LogP contribution in [0.25, 0.3) is 0 Å². The Hall–Kier alpha value is -3.12. The third-order valence-corrected chi connectivity index (χ3v) is 6.06. The second kappa shape index (κ2) is 8.09. The highest BCUT2D eigenvalue weighted by Gasteiger charge is 2.34. The fourth-order valence-electron chi connectivity index (χ4n) is 3.77. The Morgan fingerprint density at radius 1 is 1.07 bits per heavy atom. The molecule has 0 radical (unpaired) electrons. The van der Waals surface area contributed by atoms with Crippen molar-refractivity contribution in [2.75, 3.05) is 12.0 Å². The van der Waals surface area contributed by atoms with E-state index in [1.165, 1.54) is 11.3 Å². The normalized spacial score (nSPS) is 18.1. The maximum Gasteiger partial charge on any atom is 0.261 e. The first-order valence-corrected chi connectivity index (χ1v) is 10.4. The molecule has 5 nitrogen and oxygen atoms in total. The average Bonchev–Trinajstić information content (AvgIpc) is 3.29. The van der Waals surface area contributed by atoms with Gasteiger partial charge in [-0.2, -0.15) is 0 Å². The number of benzene rings is 2. The van der Waals surface area contributed by atoms with Gasteiger partial charge in [0.25, 0.3) is 11.8 Å². The summed E-state index contributed by atoms with van der Waals surface area (Å²) in [6.07, 6.45) is 0.649. The Morgan fingerprint density at radius 3 is 2.52 bits per heavy atom. The molecule has 1 N–H and O–H groups in total. The summed E-state index contributed by atoms with van der Waals surface area (Å²) >= 11 is 1.42. The third kappa shape index (κ3) is 3.76. The predicted molar refractivity (Wildman–Crippen MR) is 115 cm³/mol. The van der Waals surface area contributed by atoms with E-state index in [-0.39, 0.29) is 23.9 Å². The summed E-state index contributed by atoms with van der Waals surface area (Å²) in [5.74, 6) is 0.572. The first-order chi connectivity index (χ1) is 14.1. The molecule has 2 aromatic carbocycles. The molecular formula is C23H22N2O3S. The van der Waals surface area contributed by atoms with Crippen LogP contribution < -0.4 is 15.0 Å². The number of ether oxygens (including phenoxy) is 1. The highest BCUT2D eigenvalue weighted by atomic mass is 32.1. The average molecular weight is 407 g/mol. The van der Waals surface area contributed by atoms with Gasteiger partial charge in [-0.1, -0.05) is 24.3 Å². The SMILES string of the molecule is COc1ccc(C(=O)N2c3ccccc3C(NC(=O)c3cccs3)CC2C)cc1. The number of anilines is 1. The number of hydrogen-bond donors (Lipinski definition) is 1. The van der Waals surface area contributed by atoms with Gasteiger partial charge in [-0.15, -0.1) is 11.3 Å². The van der Waals surface area contributed by atoms with Crippen LogP contribution in [0.2, 0.25) is 0 Å². The smallest absolute Gasteiger partial charge is 0.261 e. The number of amides is 2. The van der Waals surface area contributed by atoms with Crippen molar-refractivity contribution in [3.63, 3.8) is 0 Å². The number of fused-ring (bicyclic) bond motifs is 1. The molecule has 0 saturated carbocycles. The van der Waals surface area contributed by atoms with Crippen LogP contribution in [0.5, 0.6) is 5.75 Å². The van der Waals surface area contributed by atoms with Crippen LogP contribution >= 0.6 is 11.3 Å². The van der Waals surface area contributed by atoms with E-state index in [9.17, 15) is 9.59 Å². The van der Waals surface area contributed by atoms with Crippen molar-refractivity contribution in [1.82, 2.24) is 5.32 Å². The molecule has 2 amide bonds. The van der Waals surface area contributed by atoms with E-state index in [1.54, 1.807) is 31.4 Å². The molecule has 4 rings (SSSR count). The van der Waals surface area contributed by atoms with Gasteiger partial charge in [0.15, 0.2) is 0 Å². The summed E-state index contributed by atoms with van der Waals surface area (Å²) in [7, 11) is 1.60. The molecule has 2 atom stereocenters. The molecule has 2 unspecified atom stereocenters. The van der Waals surface area contributed by atoms with Gasteiger partial charge in [0.05, 0.1) is 18.0 Å². The minimum absolute atomic E-state index is 0.0596. The number of thiophene rings is 1. The van der Waals surface area contributed by atoms with Crippen molar-refractivity contribution < 1.29 is 14.3 Å². The number of carbonyl (C=O) groups excluding carboxylic acids is 2. The van der Waals surface area contributed by atoms with Gasteiger partial charge in [0.1, 0.15) is 5.75 Å². The van der Waals surface area contributed by atoms with Crippen molar-refractivity contribution in [3.05, 3.63) is 82.0 Å². The molecule has 1 aliphatic heterocycles. The number of nitrogens with one attached hydrogen (secondary N) is 1. The standard InChI is InChI=1S/C23H22N2O3S/c1-15-14-19(24-22(26)21-8-5-13-29-21)18-6-3-4-7-20(18)25(15)23(27)16-9-11-17(28-2)12-10-16/h3-13,15,19H,14H2,1-2H3,(H,24,26). The quantitative estimate of drug-likeness (QED) is 0.685. The van der Waals surface area contributed by atoms with E-state index in [1.807, 2.05) is 53.6 Å². The summed E-state index contributed by atoms with van der Waals surface area (Å²) in [5.41, 5.74) is 2.40. The van der Waals surface area contributed by atoms with Crippen LogP contribution in [0.3, 0.4) is 0 Å². The summed E-state index contributed by atoms with van der Waals surface area (Å²) in [6.45, 7) is 2.02. The first kappa shape index (κ1) is 19.2. The lowest BCUT2D eigenvalue weighted by Gasteiger charge is -2.39. The molecule has 1 aliphatic rings. The van der Waals surface area contributed by atoms with Crippen molar-refractivity contribution in [1.29, 1.82) is 0 Å². The predicted octanol–water partition coefficient (Wildman–Crippen LogP) is 4.67. The second-order valence-electron chi connectivity index (χ2n) is 7.05. The summed E-state index contributed by atoms with van der Waals surface area (Å²) in [4.78, 5) is 28.4. The Labute approximate surface area is 173 Å². The van der Waals surface area contributed by atoms with E-state index in [0.29, 0.717) is 22.6 Å². The van der Waals surface area contributed by atoms with E-state index in [4.69, 9.17) is 4.74 Å². The molecular weight excluding hydrogens is 384 g/mol. The van der Waals surface area contributed by atoms with E-state index >= 15 is 0 Å². The Kier molecular flexibility index (Phi) is 5.36. The Bertz CT molecular complexity index is 1010. The fourth-order valence-corrected chi connectivity index (χ4v) is 4.40. The van der Waals surface area contributed by atoms with Gasteiger partial charge in [-0.3, -0.25) is 9.59 Å². The van der Waals surface area contributed by atoms with E-state index < -0.39 is 0 Å². The Balaban J connectivity index is 1.63. The first-order valence-electron chi connectivity index (χ1n) is 9.49. The molecule has 148 valence electrons. The summed E-state index contributed by atoms with van der Waals surface area (Å²) in [6, 6.07) is 18.4. The van der Waals surface area contributed by atoms with E-state index in [2.05, 4.69) is 5.32 Å². The number of para-hydroxylation sites is 1. The number of methoxy groups -OCH3 is 1. The van der Waals surface area contributed by atoms with Gasteiger partial charge >= 0.3 is 0 Å². The summed E-state index contributed by atoms with van der Waals surface area (Å²) < 4.78 is 5.19. The molecule has 0 aliphatic carbocycles. The van der Waals surface area contributed by atoms with E-state index in [0.717, 1.165) is 11.3 Å². The number of rotatable bonds is 4. The van der Waals surface area contributed by atoms with Crippen LogP contribution in [0, 0.1) is 0 Å². The molecule has 0 fully saturated rings. The Morgan fingerprint density at radius 2 is 1.83 bits per heavy atom. The maximum absolute atomic E-state index is 13.3. The second-order valence-corrected chi connectivity index (χ2v) is 8.00. The lowest BCUT2D eigenvalue weighted by Crippen LogP contribution is -2.46. The highest BCUT2D eigenvalue weighted by molar-refractivity contribution is 7.12. The molecule has 1 aromatic heterocycles. The largest absolute Gasteiger partial charge is 0.497 e. The molecule has 6 heteroatoms.